The number of para-hydroxylation sites is 2. The van der Waals surface area contributed by atoms with E-state index in [-0.39, 0.29) is 0 Å². The fourth-order valence-corrected chi connectivity index (χ4v) is 3.92. The lowest BCUT2D eigenvalue weighted by Crippen LogP contribution is -2.32. The van der Waals surface area contributed by atoms with E-state index in [1.165, 1.54) is 5.39 Å². The molecule has 0 fully saturated rings. The number of hydrazone groups is 1. The van der Waals surface area contributed by atoms with Crippen molar-refractivity contribution in [1.29, 1.82) is 0 Å². The Kier molecular flexibility index (Phi) is 4.77. The van der Waals surface area contributed by atoms with Crippen molar-refractivity contribution in [2.75, 3.05) is 20.1 Å². The summed E-state index contributed by atoms with van der Waals surface area (Å²) < 4.78 is 2.32. The predicted octanol–water partition coefficient (Wildman–Crippen LogP) is 4.52. The van der Waals surface area contributed by atoms with Crippen molar-refractivity contribution in [3.8, 4) is 16.9 Å². The second-order valence-electron chi connectivity index (χ2n) is 7.22. The summed E-state index contributed by atoms with van der Waals surface area (Å²) in [4.78, 5) is 4.46. The SMILES string of the molecule is CN(N=Cc1c(-c2ccccc2)n(-c2ccccc2)c2ccccc12)C1=NCCN1. The molecule has 5 rings (SSSR count). The van der Waals surface area contributed by atoms with Crippen LogP contribution < -0.4 is 5.32 Å². The van der Waals surface area contributed by atoms with Crippen molar-refractivity contribution in [3.63, 3.8) is 0 Å². The summed E-state index contributed by atoms with van der Waals surface area (Å²) in [5.41, 5.74) is 5.65. The van der Waals surface area contributed by atoms with Crippen molar-refractivity contribution in [2.45, 2.75) is 0 Å². The van der Waals surface area contributed by atoms with Crippen molar-refractivity contribution < 1.29 is 0 Å². The van der Waals surface area contributed by atoms with Gasteiger partial charge in [0.1, 0.15) is 0 Å². The highest BCUT2D eigenvalue weighted by Crippen LogP contribution is 2.35. The number of aromatic nitrogens is 1. The smallest absolute Gasteiger partial charge is 0.214 e. The number of benzene rings is 3. The van der Waals surface area contributed by atoms with E-state index in [1.54, 1.807) is 5.01 Å². The zero-order valence-electron chi connectivity index (χ0n) is 16.9. The third-order valence-electron chi connectivity index (χ3n) is 5.30. The van der Waals surface area contributed by atoms with Crippen LogP contribution in [0.2, 0.25) is 0 Å². The first-order chi connectivity index (χ1) is 14.8. The first-order valence-corrected chi connectivity index (χ1v) is 10.1. The van der Waals surface area contributed by atoms with Gasteiger partial charge < -0.3 is 9.88 Å². The van der Waals surface area contributed by atoms with Crippen LogP contribution in [0.3, 0.4) is 0 Å². The third kappa shape index (κ3) is 3.24. The molecule has 1 aliphatic heterocycles. The number of hydrogen-bond acceptors (Lipinski definition) is 4. The maximum atomic E-state index is 4.72. The van der Waals surface area contributed by atoms with Gasteiger partial charge >= 0.3 is 0 Å². The molecular formula is C25H23N5. The highest BCUT2D eigenvalue weighted by atomic mass is 15.5. The zero-order chi connectivity index (χ0) is 20.3. The van der Waals surface area contributed by atoms with E-state index in [9.17, 15) is 0 Å². The second kappa shape index (κ2) is 7.87. The fourth-order valence-electron chi connectivity index (χ4n) is 3.92. The molecule has 0 bridgehead atoms. The standard InChI is InChI=1S/C25H23N5/c1-29(25-26-16-17-27-25)28-18-22-21-14-8-9-15-23(21)30(20-12-6-3-7-13-20)24(22)19-10-4-2-5-11-19/h2-15,18H,16-17H2,1H3,(H,26,27). The number of hydrogen-bond donors (Lipinski definition) is 1. The van der Waals surface area contributed by atoms with Gasteiger partial charge in [-0.1, -0.05) is 66.7 Å². The molecule has 5 heteroatoms. The summed E-state index contributed by atoms with van der Waals surface area (Å²) in [5.74, 6) is 0.805. The van der Waals surface area contributed by atoms with Gasteiger partial charge in [-0.05, 0) is 23.8 Å². The molecule has 2 heterocycles. The van der Waals surface area contributed by atoms with Gasteiger partial charge in [-0.3, -0.25) is 0 Å². The molecule has 0 aliphatic carbocycles. The van der Waals surface area contributed by atoms with Gasteiger partial charge in [-0.25, -0.2) is 10.0 Å². The number of fused-ring (bicyclic) bond motifs is 1. The van der Waals surface area contributed by atoms with Gasteiger partial charge in [0, 0.05) is 30.2 Å². The number of rotatable bonds is 4. The van der Waals surface area contributed by atoms with Crippen molar-refractivity contribution in [3.05, 3.63) is 90.5 Å². The normalized spacial score (nSPS) is 13.6. The molecular weight excluding hydrogens is 370 g/mol. The van der Waals surface area contributed by atoms with Crippen LogP contribution >= 0.6 is 0 Å². The minimum absolute atomic E-state index is 0.789. The van der Waals surface area contributed by atoms with Crippen LogP contribution in [0.1, 0.15) is 5.56 Å². The minimum Gasteiger partial charge on any atom is -0.353 e. The molecule has 4 aromatic rings. The Labute approximate surface area is 176 Å². The molecule has 0 spiro atoms. The van der Waals surface area contributed by atoms with Crippen molar-refractivity contribution in [2.24, 2.45) is 10.1 Å². The largest absolute Gasteiger partial charge is 0.353 e. The van der Waals surface area contributed by atoms with Crippen LogP contribution in [0.25, 0.3) is 27.8 Å². The second-order valence-corrected chi connectivity index (χ2v) is 7.22. The van der Waals surface area contributed by atoms with Gasteiger partial charge in [0.05, 0.1) is 24.0 Å². The fraction of sp³-hybridized carbons (Fsp3) is 0.120. The van der Waals surface area contributed by atoms with E-state index in [2.05, 4.69) is 87.7 Å². The van der Waals surface area contributed by atoms with E-state index in [1.807, 2.05) is 25.4 Å². The van der Waals surface area contributed by atoms with Gasteiger partial charge in [-0.15, -0.1) is 0 Å². The molecule has 30 heavy (non-hydrogen) atoms. The Morgan fingerprint density at radius 3 is 2.37 bits per heavy atom. The van der Waals surface area contributed by atoms with E-state index in [0.29, 0.717) is 0 Å². The lowest BCUT2D eigenvalue weighted by atomic mass is 10.1. The predicted molar refractivity (Wildman–Crippen MR) is 124 cm³/mol. The molecule has 0 radical (unpaired) electrons. The molecule has 1 aliphatic rings. The topological polar surface area (TPSA) is 44.9 Å². The van der Waals surface area contributed by atoms with Gasteiger partial charge in [0.25, 0.3) is 0 Å². The molecule has 148 valence electrons. The first kappa shape index (κ1) is 18.2. The van der Waals surface area contributed by atoms with Crippen molar-refractivity contribution >= 4 is 23.1 Å². The molecule has 0 saturated heterocycles. The molecule has 0 amide bonds. The number of aliphatic imine (C=N–C) groups is 1. The number of guanidine groups is 1. The summed E-state index contributed by atoms with van der Waals surface area (Å²) in [6.45, 7) is 1.65. The van der Waals surface area contributed by atoms with E-state index in [4.69, 9.17) is 5.10 Å². The van der Waals surface area contributed by atoms with Gasteiger partial charge in [0.2, 0.25) is 5.96 Å². The molecule has 0 atom stereocenters. The average molecular weight is 393 g/mol. The zero-order valence-corrected chi connectivity index (χ0v) is 16.9. The lowest BCUT2D eigenvalue weighted by Gasteiger charge is -2.13. The Hall–Kier alpha value is -3.86. The molecule has 1 N–H and O–H groups in total. The minimum atomic E-state index is 0.789. The van der Waals surface area contributed by atoms with Crippen LogP contribution in [-0.4, -0.2) is 41.9 Å². The van der Waals surface area contributed by atoms with Crippen molar-refractivity contribution in [1.82, 2.24) is 14.9 Å². The Morgan fingerprint density at radius 2 is 1.63 bits per heavy atom. The van der Waals surface area contributed by atoms with Crippen LogP contribution in [0.15, 0.2) is 95.0 Å². The summed E-state index contributed by atoms with van der Waals surface area (Å²) in [7, 11) is 1.92. The van der Waals surface area contributed by atoms with Crippen LogP contribution in [-0.2, 0) is 0 Å². The summed E-state index contributed by atoms with van der Waals surface area (Å²) >= 11 is 0. The van der Waals surface area contributed by atoms with Crippen LogP contribution in [0.5, 0.6) is 0 Å². The number of nitrogens with zero attached hydrogens (tertiary/aromatic N) is 4. The third-order valence-corrected chi connectivity index (χ3v) is 5.30. The molecule has 5 nitrogen and oxygen atoms in total. The Bertz CT molecular complexity index is 1220. The summed E-state index contributed by atoms with van der Waals surface area (Å²) in [5, 5.41) is 11.0. The highest BCUT2D eigenvalue weighted by Gasteiger charge is 2.19. The maximum absolute atomic E-state index is 4.72. The summed E-state index contributed by atoms with van der Waals surface area (Å²) in [6.07, 6.45) is 1.95. The first-order valence-electron chi connectivity index (χ1n) is 10.1. The molecule has 3 aromatic carbocycles. The molecule has 1 aromatic heterocycles. The van der Waals surface area contributed by atoms with E-state index >= 15 is 0 Å². The quantitative estimate of drug-likeness (QED) is 0.409. The number of nitrogens with one attached hydrogen (secondary N) is 1. The maximum Gasteiger partial charge on any atom is 0.214 e. The van der Waals surface area contributed by atoms with Crippen LogP contribution in [0.4, 0.5) is 0 Å². The van der Waals surface area contributed by atoms with Gasteiger partial charge in [-0.2, -0.15) is 5.10 Å². The average Bonchev–Trinajstić information content (AvgIpc) is 3.45. The van der Waals surface area contributed by atoms with Crippen LogP contribution in [0, 0.1) is 0 Å². The van der Waals surface area contributed by atoms with E-state index < -0.39 is 0 Å². The van der Waals surface area contributed by atoms with Gasteiger partial charge in [0.15, 0.2) is 0 Å². The molecule has 0 saturated carbocycles. The Balaban J connectivity index is 1.75. The Morgan fingerprint density at radius 1 is 0.933 bits per heavy atom. The van der Waals surface area contributed by atoms with E-state index in [0.717, 1.165) is 47.1 Å². The molecule has 0 unspecified atom stereocenters. The monoisotopic (exact) mass is 393 g/mol. The summed E-state index contributed by atoms with van der Waals surface area (Å²) in [6, 6.07) is 29.5. The highest BCUT2D eigenvalue weighted by molar-refractivity contribution is 6.07. The lowest BCUT2D eigenvalue weighted by molar-refractivity contribution is 0.531.